The monoisotopic (exact) mass is 438 g/mol. The van der Waals surface area contributed by atoms with Crippen LogP contribution in [0.15, 0.2) is 57.7 Å². The Hall–Kier alpha value is -2.67. The molecular weight excluding hydrogens is 416 g/mol. The van der Waals surface area contributed by atoms with Gasteiger partial charge in [0.1, 0.15) is 5.58 Å². The van der Waals surface area contributed by atoms with E-state index in [1.54, 1.807) is 41.3 Å². The van der Waals surface area contributed by atoms with Crippen molar-refractivity contribution in [3.63, 3.8) is 0 Å². The van der Waals surface area contributed by atoms with Gasteiger partial charge in [0.15, 0.2) is 5.43 Å². The number of halogens is 1. The van der Waals surface area contributed by atoms with Crippen LogP contribution in [0.25, 0.3) is 11.0 Å². The fourth-order valence-corrected chi connectivity index (χ4v) is 4.60. The molecule has 1 saturated heterocycles. The molecule has 0 N–H and O–H groups in total. The lowest BCUT2D eigenvalue weighted by Crippen LogP contribution is -2.38. The Morgan fingerprint density at radius 2 is 1.71 bits per heavy atom. The highest BCUT2D eigenvalue weighted by atomic mass is 35.5. The number of carbonyl (C=O) groups is 1. The fraction of sp³-hybridized carbons (Fsp3) is 0.333. The normalized spacial score (nSPS) is 19.2. The van der Waals surface area contributed by atoms with E-state index >= 15 is 0 Å². The smallest absolute Gasteiger partial charge is 0.290 e. The summed E-state index contributed by atoms with van der Waals surface area (Å²) in [6.07, 6.45) is 0.803. The number of hydrogen-bond donors (Lipinski definition) is 0. The number of nitrogens with zero attached hydrogens (tertiary/aromatic N) is 2. The average molecular weight is 439 g/mol. The molecule has 0 aliphatic carbocycles. The Kier molecular flexibility index (Phi) is 5.52. The van der Waals surface area contributed by atoms with E-state index in [2.05, 4.69) is 4.90 Å². The minimum atomic E-state index is -0.481. The molecule has 2 aliphatic rings. The number of rotatable bonds is 5. The van der Waals surface area contributed by atoms with Crippen molar-refractivity contribution in [3.05, 3.63) is 80.7 Å². The van der Waals surface area contributed by atoms with E-state index in [-0.39, 0.29) is 17.1 Å². The first-order chi connectivity index (χ1) is 15.1. The lowest BCUT2D eigenvalue weighted by Gasteiger charge is -2.29. The topological polar surface area (TPSA) is 63.0 Å². The summed E-state index contributed by atoms with van der Waals surface area (Å²) in [5.74, 6) is -0.0881. The lowest BCUT2D eigenvalue weighted by atomic mass is 9.98. The molecule has 3 heterocycles. The molecule has 1 amide bonds. The molecule has 5 rings (SSSR count). The van der Waals surface area contributed by atoms with Gasteiger partial charge in [-0.1, -0.05) is 35.9 Å². The molecule has 2 aromatic carbocycles. The van der Waals surface area contributed by atoms with E-state index in [1.807, 2.05) is 12.1 Å². The second-order valence-electron chi connectivity index (χ2n) is 7.93. The summed E-state index contributed by atoms with van der Waals surface area (Å²) in [5, 5.41) is 1.10. The van der Waals surface area contributed by atoms with Crippen molar-refractivity contribution in [3.8, 4) is 0 Å². The molecule has 160 valence electrons. The first kappa shape index (κ1) is 20.2. The van der Waals surface area contributed by atoms with Crippen molar-refractivity contribution >= 4 is 28.5 Å². The van der Waals surface area contributed by atoms with E-state index in [9.17, 15) is 9.59 Å². The van der Waals surface area contributed by atoms with E-state index in [1.165, 1.54) is 0 Å². The van der Waals surface area contributed by atoms with Gasteiger partial charge in [-0.3, -0.25) is 14.5 Å². The SMILES string of the molecule is O=C1c2oc3ccccc3c(=O)c2[C@@H](c2ccc(Cl)cc2)N1CCCN1CCOCC1. The van der Waals surface area contributed by atoms with Gasteiger partial charge in [0, 0.05) is 31.2 Å². The van der Waals surface area contributed by atoms with Crippen LogP contribution in [0, 0.1) is 0 Å². The maximum atomic E-state index is 13.4. The van der Waals surface area contributed by atoms with E-state index in [4.69, 9.17) is 20.8 Å². The second-order valence-corrected chi connectivity index (χ2v) is 8.37. The summed E-state index contributed by atoms with van der Waals surface area (Å²) in [6, 6.07) is 13.9. The zero-order chi connectivity index (χ0) is 21.4. The molecule has 7 heteroatoms. The number of hydrogen-bond acceptors (Lipinski definition) is 5. The van der Waals surface area contributed by atoms with Gasteiger partial charge < -0.3 is 14.1 Å². The van der Waals surface area contributed by atoms with E-state index in [0.717, 1.165) is 44.8 Å². The Balaban J connectivity index is 1.52. The standard InChI is InChI=1S/C24H23ClN2O4/c25-17-8-6-16(7-9-17)21-20-22(28)18-4-1-2-5-19(18)31-23(20)24(29)27(21)11-3-10-26-12-14-30-15-13-26/h1-2,4-9,21H,3,10-15H2/t21-/m1/s1. The van der Waals surface area contributed by atoms with Crippen LogP contribution in [0.1, 0.15) is 34.1 Å². The predicted octanol–water partition coefficient (Wildman–Crippen LogP) is 3.71. The molecule has 1 atom stereocenters. The van der Waals surface area contributed by atoms with Crippen LogP contribution < -0.4 is 5.43 Å². The predicted molar refractivity (Wildman–Crippen MR) is 119 cm³/mol. The van der Waals surface area contributed by atoms with Crippen LogP contribution in [0.5, 0.6) is 0 Å². The van der Waals surface area contributed by atoms with Gasteiger partial charge >= 0.3 is 0 Å². The fourth-order valence-electron chi connectivity index (χ4n) is 4.48. The molecule has 0 saturated carbocycles. The molecule has 1 aromatic heterocycles. The molecule has 31 heavy (non-hydrogen) atoms. The van der Waals surface area contributed by atoms with Crippen LogP contribution in [-0.4, -0.2) is 55.1 Å². The number of para-hydroxylation sites is 1. The van der Waals surface area contributed by atoms with Crippen LogP contribution in [-0.2, 0) is 4.74 Å². The number of fused-ring (bicyclic) bond motifs is 2. The maximum Gasteiger partial charge on any atom is 0.290 e. The highest BCUT2D eigenvalue weighted by molar-refractivity contribution is 6.30. The minimum Gasteiger partial charge on any atom is -0.450 e. The average Bonchev–Trinajstić information content (AvgIpc) is 3.07. The molecule has 2 aliphatic heterocycles. The Morgan fingerprint density at radius 1 is 0.968 bits per heavy atom. The van der Waals surface area contributed by atoms with E-state index < -0.39 is 6.04 Å². The molecular formula is C24H23ClN2O4. The van der Waals surface area contributed by atoms with Crippen molar-refractivity contribution in [2.45, 2.75) is 12.5 Å². The van der Waals surface area contributed by atoms with Crippen LogP contribution in [0.4, 0.5) is 0 Å². The van der Waals surface area contributed by atoms with Crippen molar-refractivity contribution in [1.82, 2.24) is 9.80 Å². The molecule has 3 aromatic rings. The quantitative estimate of drug-likeness (QED) is 0.607. The van der Waals surface area contributed by atoms with Gasteiger partial charge in [0.25, 0.3) is 5.91 Å². The van der Waals surface area contributed by atoms with Crippen molar-refractivity contribution in [2.24, 2.45) is 0 Å². The maximum absolute atomic E-state index is 13.4. The van der Waals surface area contributed by atoms with Gasteiger partial charge in [-0.2, -0.15) is 0 Å². The summed E-state index contributed by atoms with van der Waals surface area (Å²) >= 11 is 6.09. The number of benzene rings is 2. The third-order valence-electron chi connectivity index (χ3n) is 6.04. The van der Waals surface area contributed by atoms with Crippen molar-refractivity contribution in [1.29, 1.82) is 0 Å². The van der Waals surface area contributed by atoms with Crippen molar-refractivity contribution < 1.29 is 13.9 Å². The number of ether oxygens (including phenoxy) is 1. The molecule has 0 radical (unpaired) electrons. The van der Waals surface area contributed by atoms with Crippen molar-refractivity contribution in [2.75, 3.05) is 39.4 Å². The zero-order valence-electron chi connectivity index (χ0n) is 17.1. The molecule has 0 unspecified atom stereocenters. The van der Waals surface area contributed by atoms with Gasteiger partial charge in [0.05, 0.1) is 30.2 Å². The molecule has 6 nitrogen and oxygen atoms in total. The van der Waals surface area contributed by atoms with Gasteiger partial charge in [-0.05, 0) is 36.2 Å². The van der Waals surface area contributed by atoms with Gasteiger partial charge in [-0.15, -0.1) is 0 Å². The third-order valence-corrected chi connectivity index (χ3v) is 6.29. The number of morpholine rings is 1. The Bertz CT molecular complexity index is 1170. The summed E-state index contributed by atoms with van der Waals surface area (Å²) < 4.78 is 11.4. The third kappa shape index (κ3) is 3.76. The second kappa shape index (κ2) is 8.46. The summed E-state index contributed by atoms with van der Waals surface area (Å²) in [5.41, 5.74) is 1.55. The minimum absolute atomic E-state index is 0.148. The highest BCUT2D eigenvalue weighted by Gasteiger charge is 2.42. The van der Waals surface area contributed by atoms with Gasteiger partial charge in [-0.25, -0.2) is 0 Å². The van der Waals surface area contributed by atoms with Crippen LogP contribution >= 0.6 is 11.6 Å². The largest absolute Gasteiger partial charge is 0.450 e. The molecule has 0 spiro atoms. The summed E-state index contributed by atoms with van der Waals surface area (Å²) in [7, 11) is 0. The van der Waals surface area contributed by atoms with E-state index in [0.29, 0.717) is 28.1 Å². The van der Waals surface area contributed by atoms with Crippen LogP contribution in [0.2, 0.25) is 5.02 Å². The van der Waals surface area contributed by atoms with Crippen LogP contribution in [0.3, 0.4) is 0 Å². The highest BCUT2D eigenvalue weighted by Crippen LogP contribution is 2.38. The Labute approximate surface area is 185 Å². The summed E-state index contributed by atoms with van der Waals surface area (Å²) in [6.45, 7) is 4.70. The number of carbonyl (C=O) groups excluding carboxylic acids is 1. The van der Waals surface area contributed by atoms with Gasteiger partial charge in [0.2, 0.25) is 5.76 Å². The molecule has 0 bridgehead atoms. The zero-order valence-corrected chi connectivity index (χ0v) is 17.8. The lowest BCUT2D eigenvalue weighted by molar-refractivity contribution is 0.0353. The first-order valence-electron chi connectivity index (χ1n) is 10.6. The molecule has 1 fully saturated rings. The first-order valence-corrected chi connectivity index (χ1v) is 10.9. The Morgan fingerprint density at radius 3 is 2.48 bits per heavy atom. The summed E-state index contributed by atoms with van der Waals surface area (Å²) in [4.78, 5) is 30.9. The number of amides is 1.